The van der Waals surface area contributed by atoms with Crippen LogP contribution in [0, 0.1) is 11.8 Å². The Balaban J connectivity index is 1.46. The average molecular weight is 488 g/mol. The van der Waals surface area contributed by atoms with Crippen LogP contribution >= 0.6 is 0 Å². The lowest BCUT2D eigenvalue weighted by Gasteiger charge is -2.32. The van der Waals surface area contributed by atoms with Gasteiger partial charge in [-0.15, -0.1) is 5.10 Å². The number of amides is 1. The van der Waals surface area contributed by atoms with Crippen molar-refractivity contribution in [1.82, 2.24) is 29.4 Å². The molecule has 1 fully saturated rings. The van der Waals surface area contributed by atoms with Crippen molar-refractivity contribution in [2.75, 3.05) is 4.90 Å². The summed E-state index contributed by atoms with van der Waals surface area (Å²) < 4.78 is 3.14. The van der Waals surface area contributed by atoms with Crippen LogP contribution in [0.25, 0.3) is 22.7 Å². The molecule has 4 aromatic rings. The van der Waals surface area contributed by atoms with Gasteiger partial charge in [0.2, 0.25) is 5.91 Å². The Morgan fingerprint density at radius 1 is 1.08 bits per heavy atom. The van der Waals surface area contributed by atoms with Crippen LogP contribution in [0.3, 0.4) is 0 Å². The molecule has 0 aromatic carbocycles. The summed E-state index contributed by atoms with van der Waals surface area (Å²) in [5.74, 6) is -0.525. The number of carbonyl (C=O) groups is 2. The molecule has 10 heteroatoms. The van der Waals surface area contributed by atoms with E-state index in [1.54, 1.807) is 40.0 Å². The molecule has 0 radical (unpaired) electrons. The summed E-state index contributed by atoms with van der Waals surface area (Å²) >= 11 is 0. The van der Waals surface area contributed by atoms with Crippen LogP contribution in [0.1, 0.15) is 56.8 Å². The summed E-state index contributed by atoms with van der Waals surface area (Å²) in [6, 6.07) is 7.01. The third-order valence-corrected chi connectivity index (χ3v) is 6.78. The number of pyridine rings is 1. The minimum absolute atomic E-state index is 0.0169. The van der Waals surface area contributed by atoms with Gasteiger partial charge in [-0.1, -0.05) is 6.92 Å². The second kappa shape index (κ2) is 9.52. The SMILES string of the molecule is CC(C)N(c1nn(-c2ccc(-c3cc4ncccn4n3)nc2)cc1C(=O)O)C(=O)[C@H]1CC[C@H](C)CC1. The minimum atomic E-state index is -1.13. The van der Waals surface area contributed by atoms with E-state index in [1.165, 1.54) is 10.9 Å². The van der Waals surface area contributed by atoms with Crippen molar-refractivity contribution in [1.29, 1.82) is 0 Å². The van der Waals surface area contributed by atoms with Gasteiger partial charge >= 0.3 is 5.97 Å². The van der Waals surface area contributed by atoms with Gasteiger partial charge in [-0.3, -0.25) is 14.7 Å². The molecule has 0 bridgehead atoms. The normalized spacial score (nSPS) is 18.0. The van der Waals surface area contributed by atoms with Gasteiger partial charge in [0.05, 0.1) is 17.6 Å². The van der Waals surface area contributed by atoms with Gasteiger partial charge in [0, 0.05) is 36.6 Å². The number of hydrogen-bond donors (Lipinski definition) is 1. The molecule has 0 spiro atoms. The molecule has 5 rings (SSSR count). The van der Waals surface area contributed by atoms with Crippen LogP contribution in [-0.2, 0) is 4.79 Å². The number of rotatable bonds is 6. The van der Waals surface area contributed by atoms with Gasteiger partial charge in [0.1, 0.15) is 11.3 Å². The molecule has 0 aliphatic heterocycles. The van der Waals surface area contributed by atoms with Crippen molar-refractivity contribution in [2.45, 2.75) is 52.5 Å². The Labute approximate surface area is 208 Å². The van der Waals surface area contributed by atoms with Crippen molar-refractivity contribution in [3.63, 3.8) is 0 Å². The maximum absolute atomic E-state index is 13.5. The first-order valence-corrected chi connectivity index (χ1v) is 12.2. The number of hydrogen-bond acceptors (Lipinski definition) is 6. The highest BCUT2D eigenvalue weighted by Crippen LogP contribution is 2.32. The van der Waals surface area contributed by atoms with Crippen molar-refractivity contribution in [2.24, 2.45) is 11.8 Å². The molecule has 10 nitrogen and oxygen atoms in total. The van der Waals surface area contributed by atoms with Crippen LogP contribution < -0.4 is 4.90 Å². The predicted molar refractivity (Wildman–Crippen MR) is 134 cm³/mol. The van der Waals surface area contributed by atoms with E-state index in [9.17, 15) is 14.7 Å². The standard InChI is InChI=1S/C26H29N7O3/c1-16(2)33(25(34)18-7-5-17(3)6-8-18)24-20(26(35)36)15-32(30-24)19-9-10-21(28-14-19)22-13-23-27-11-4-12-31(23)29-22/h4,9-18H,5-8H2,1-3H3,(H,35,36)/t17-,18-. The lowest BCUT2D eigenvalue weighted by Crippen LogP contribution is -2.43. The summed E-state index contributed by atoms with van der Waals surface area (Å²) in [5.41, 5.74) is 2.60. The van der Waals surface area contributed by atoms with E-state index in [0.29, 0.717) is 28.6 Å². The smallest absolute Gasteiger partial charge is 0.341 e. The molecule has 0 saturated heterocycles. The fourth-order valence-electron chi connectivity index (χ4n) is 4.76. The Morgan fingerprint density at radius 3 is 2.50 bits per heavy atom. The van der Waals surface area contributed by atoms with Crippen molar-refractivity contribution >= 4 is 23.3 Å². The fraction of sp³-hybridized carbons (Fsp3) is 0.385. The first-order chi connectivity index (χ1) is 17.3. The summed E-state index contributed by atoms with van der Waals surface area (Å²) in [5, 5.41) is 19.0. The van der Waals surface area contributed by atoms with E-state index >= 15 is 0 Å². The zero-order valence-electron chi connectivity index (χ0n) is 20.6. The number of aromatic carboxylic acids is 1. The monoisotopic (exact) mass is 487 g/mol. The van der Waals surface area contributed by atoms with Crippen LogP contribution in [0.15, 0.2) is 49.1 Å². The van der Waals surface area contributed by atoms with Crippen LogP contribution in [-0.4, -0.2) is 52.4 Å². The van der Waals surface area contributed by atoms with E-state index in [4.69, 9.17) is 0 Å². The molecule has 1 saturated carbocycles. The summed E-state index contributed by atoms with van der Waals surface area (Å²) in [6.07, 6.45) is 10.2. The number of carbonyl (C=O) groups excluding carboxylic acids is 1. The number of carboxylic acids is 1. The molecular weight excluding hydrogens is 458 g/mol. The minimum Gasteiger partial charge on any atom is -0.477 e. The molecule has 36 heavy (non-hydrogen) atoms. The number of nitrogens with zero attached hydrogens (tertiary/aromatic N) is 7. The maximum atomic E-state index is 13.5. The lowest BCUT2D eigenvalue weighted by atomic mass is 9.82. The van der Waals surface area contributed by atoms with Gasteiger partial charge in [-0.25, -0.2) is 19.0 Å². The van der Waals surface area contributed by atoms with Crippen molar-refractivity contribution < 1.29 is 14.7 Å². The first kappa shape index (κ1) is 23.7. The third kappa shape index (κ3) is 4.46. The van der Waals surface area contributed by atoms with Gasteiger partial charge in [0.25, 0.3) is 0 Å². The van der Waals surface area contributed by atoms with E-state index in [2.05, 4.69) is 27.1 Å². The quantitative estimate of drug-likeness (QED) is 0.432. The lowest BCUT2D eigenvalue weighted by molar-refractivity contribution is -0.124. The number of aromatic nitrogens is 6. The molecule has 0 unspecified atom stereocenters. The van der Waals surface area contributed by atoms with Crippen LogP contribution in [0.5, 0.6) is 0 Å². The van der Waals surface area contributed by atoms with Gasteiger partial charge in [0.15, 0.2) is 11.5 Å². The van der Waals surface area contributed by atoms with E-state index < -0.39 is 5.97 Å². The average Bonchev–Trinajstić information content (AvgIpc) is 3.49. The summed E-state index contributed by atoms with van der Waals surface area (Å²) in [4.78, 5) is 36.0. The van der Waals surface area contributed by atoms with Crippen molar-refractivity contribution in [3.05, 3.63) is 54.6 Å². The largest absolute Gasteiger partial charge is 0.477 e. The molecule has 1 aliphatic carbocycles. The molecule has 0 atom stereocenters. The van der Waals surface area contributed by atoms with Gasteiger partial charge in [-0.05, 0) is 63.6 Å². The highest BCUT2D eigenvalue weighted by atomic mass is 16.4. The molecular formula is C26H29N7O3. The fourth-order valence-corrected chi connectivity index (χ4v) is 4.76. The first-order valence-electron chi connectivity index (χ1n) is 12.2. The number of anilines is 1. The molecule has 1 aliphatic rings. The van der Waals surface area contributed by atoms with Crippen molar-refractivity contribution in [3.8, 4) is 17.1 Å². The Hall–Kier alpha value is -4.08. The zero-order valence-corrected chi connectivity index (χ0v) is 20.6. The molecule has 186 valence electrons. The van der Waals surface area contributed by atoms with E-state index in [0.717, 1.165) is 25.7 Å². The van der Waals surface area contributed by atoms with E-state index in [-0.39, 0.29) is 29.2 Å². The number of carboxylic acid groups (broad SMARTS) is 1. The Morgan fingerprint density at radius 2 is 1.86 bits per heavy atom. The maximum Gasteiger partial charge on any atom is 0.341 e. The zero-order chi connectivity index (χ0) is 25.4. The highest BCUT2D eigenvalue weighted by Gasteiger charge is 2.34. The van der Waals surface area contributed by atoms with E-state index in [1.807, 2.05) is 26.1 Å². The third-order valence-electron chi connectivity index (χ3n) is 6.78. The van der Waals surface area contributed by atoms with Crippen LogP contribution in [0.4, 0.5) is 5.82 Å². The Bertz CT molecular complexity index is 1370. The second-order valence-electron chi connectivity index (χ2n) is 9.73. The van der Waals surface area contributed by atoms with Gasteiger partial charge < -0.3 is 5.11 Å². The predicted octanol–water partition coefficient (Wildman–Crippen LogP) is 4.24. The summed E-state index contributed by atoms with van der Waals surface area (Å²) in [6.45, 7) is 5.97. The molecule has 1 N–H and O–H groups in total. The molecule has 4 heterocycles. The van der Waals surface area contributed by atoms with Gasteiger partial charge in [-0.2, -0.15) is 5.10 Å². The molecule has 4 aromatic heterocycles. The number of fused-ring (bicyclic) bond motifs is 1. The second-order valence-corrected chi connectivity index (χ2v) is 9.73. The highest BCUT2D eigenvalue weighted by molar-refractivity contribution is 6.01. The summed E-state index contributed by atoms with van der Waals surface area (Å²) in [7, 11) is 0. The van der Waals surface area contributed by atoms with Crippen LogP contribution in [0.2, 0.25) is 0 Å². The topological polar surface area (TPSA) is 119 Å². The molecule has 1 amide bonds. The Kier molecular flexibility index (Phi) is 6.26.